The van der Waals surface area contributed by atoms with Crippen LogP contribution < -0.4 is 4.74 Å². The minimum absolute atomic E-state index is 0.0417. The van der Waals surface area contributed by atoms with Crippen molar-refractivity contribution >= 4 is 16.9 Å². The van der Waals surface area contributed by atoms with Crippen LogP contribution in [0.15, 0.2) is 61.1 Å². The summed E-state index contributed by atoms with van der Waals surface area (Å²) in [6, 6.07) is 13.5. The smallest absolute Gasteiger partial charge is 0.304 e. The summed E-state index contributed by atoms with van der Waals surface area (Å²) in [5.41, 5.74) is 4.45. The predicted octanol–water partition coefficient (Wildman–Crippen LogP) is 4.61. The van der Waals surface area contributed by atoms with E-state index in [1.54, 1.807) is 25.5 Å². The lowest BCUT2D eigenvalue weighted by Gasteiger charge is -2.20. The summed E-state index contributed by atoms with van der Waals surface area (Å²) in [4.78, 5) is 20.0. The average molecular weight is 441 g/mol. The third-order valence-electron chi connectivity index (χ3n) is 5.32. The average Bonchev–Trinajstić information content (AvgIpc) is 3.28. The van der Waals surface area contributed by atoms with Gasteiger partial charge in [0.05, 0.1) is 35.4 Å². The van der Waals surface area contributed by atoms with Crippen molar-refractivity contribution in [2.45, 2.75) is 38.7 Å². The number of aromatic nitrogens is 4. The van der Waals surface area contributed by atoms with Gasteiger partial charge in [-0.15, -0.1) is 5.92 Å². The molecule has 2 heterocycles. The van der Waals surface area contributed by atoms with Crippen molar-refractivity contribution in [1.29, 1.82) is 0 Å². The zero-order valence-electron chi connectivity index (χ0n) is 18.4. The molecule has 2 atom stereocenters. The molecule has 7 nitrogen and oxygen atoms in total. The Morgan fingerprint density at radius 1 is 1.09 bits per heavy atom. The third kappa shape index (κ3) is 5.55. The minimum Gasteiger partial charge on any atom is -0.485 e. The number of aliphatic carboxylic acids is 1. The first kappa shape index (κ1) is 22.0. The summed E-state index contributed by atoms with van der Waals surface area (Å²) in [6.07, 6.45) is 5.49. The number of aryl methyl sites for hydroxylation is 1. The number of H-pyrrole nitrogens is 1. The molecule has 0 radical (unpaired) electrons. The molecule has 0 fully saturated rings. The highest BCUT2D eigenvalue weighted by Crippen LogP contribution is 2.29. The number of ether oxygens (including phenoxy) is 1. The van der Waals surface area contributed by atoms with Crippen LogP contribution >= 0.6 is 0 Å². The van der Waals surface area contributed by atoms with Crippen molar-refractivity contribution in [3.63, 3.8) is 0 Å². The van der Waals surface area contributed by atoms with E-state index in [-0.39, 0.29) is 18.4 Å². The lowest BCUT2D eigenvalue weighted by atomic mass is 9.96. The number of nitrogens with one attached hydrogen (secondary N) is 1. The molecular weight excluding hydrogens is 416 g/mol. The second-order valence-corrected chi connectivity index (χ2v) is 7.79. The highest BCUT2D eigenvalue weighted by Gasteiger charge is 2.18. The summed E-state index contributed by atoms with van der Waals surface area (Å²) < 4.78 is 6.38. The van der Waals surface area contributed by atoms with Crippen LogP contribution in [0.5, 0.6) is 5.75 Å². The van der Waals surface area contributed by atoms with Crippen molar-refractivity contribution in [1.82, 2.24) is 20.2 Å². The first-order valence-corrected chi connectivity index (χ1v) is 10.6. The fraction of sp³-hybridized carbons (Fsp3) is 0.231. The van der Waals surface area contributed by atoms with Gasteiger partial charge in [-0.05, 0) is 43.2 Å². The van der Waals surface area contributed by atoms with Crippen molar-refractivity contribution < 1.29 is 14.6 Å². The molecule has 33 heavy (non-hydrogen) atoms. The largest absolute Gasteiger partial charge is 0.485 e. The van der Waals surface area contributed by atoms with Crippen LogP contribution in [0.4, 0.5) is 0 Å². The number of carboxylic acid groups (broad SMARTS) is 1. The van der Waals surface area contributed by atoms with Gasteiger partial charge in [-0.3, -0.25) is 19.9 Å². The SMILES string of the molecule is CC#CC(CC(=O)O)c1ccc(OC(Cc2cnc(C)cn2)c2ccc3cn[nH]c3c2)cc1. The maximum absolute atomic E-state index is 11.2. The maximum atomic E-state index is 11.2. The monoisotopic (exact) mass is 440 g/mol. The molecule has 0 bridgehead atoms. The van der Waals surface area contributed by atoms with Gasteiger partial charge in [0, 0.05) is 24.2 Å². The molecule has 166 valence electrons. The number of aromatic amines is 1. The van der Waals surface area contributed by atoms with E-state index in [0.717, 1.165) is 33.4 Å². The van der Waals surface area contributed by atoms with E-state index in [9.17, 15) is 9.90 Å². The van der Waals surface area contributed by atoms with Crippen molar-refractivity contribution in [3.05, 3.63) is 83.6 Å². The zero-order valence-corrected chi connectivity index (χ0v) is 18.4. The first-order valence-electron chi connectivity index (χ1n) is 10.6. The Kier molecular flexibility index (Phi) is 6.65. The topological polar surface area (TPSA) is 101 Å². The van der Waals surface area contributed by atoms with Gasteiger partial charge in [-0.2, -0.15) is 5.10 Å². The number of hydrogen-bond acceptors (Lipinski definition) is 5. The second-order valence-electron chi connectivity index (χ2n) is 7.79. The van der Waals surface area contributed by atoms with Crippen LogP contribution in [-0.2, 0) is 11.2 Å². The van der Waals surface area contributed by atoms with Crippen molar-refractivity contribution in [2.75, 3.05) is 0 Å². The molecule has 0 aliphatic carbocycles. The van der Waals surface area contributed by atoms with Crippen LogP contribution in [0.25, 0.3) is 10.9 Å². The number of rotatable bonds is 8. The number of nitrogens with zero attached hydrogens (tertiary/aromatic N) is 3. The van der Waals surface area contributed by atoms with Crippen molar-refractivity contribution in [2.24, 2.45) is 0 Å². The fourth-order valence-corrected chi connectivity index (χ4v) is 3.64. The molecule has 0 saturated carbocycles. The summed E-state index contributed by atoms with van der Waals surface area (Å²) >= 11 is 0. The molecule has 0 aliphatic rings. The molecule has 2 aromatic carbocycles. The Bertz CT molecular complexity index is 1300. The van der Waals surface area contributed by atoms with Crippen LogP contribution in [0.2, 0.25) is 0 Å². The zero-order chi connectivity index (χ0) is 23.2. The van der Waals surface area contributed by atoms with Gasteiger partial charge in [-0.25, -0.2) is 0 Å². The second kappa shape index (κ2) is 9.96. The maximum Gasteiger partial charge on any atom is 0.304 e. The highest BCUT2D eigenvalue weighted by atomic mass is 16.5. The number of fused-ring (bicyclic) bond motifs is 1. The summed E-state index contributed by atoms with van der Waals surface area (Å²) in [6.45, 7) is 3.61. The summed E-state index contributed by atoms with van der Waals surface area (Å²) in [5, 5.41) is 17.3. The van der Waals surface area contributed by atoms with Crippen LogP contribution in [0.1, 0.15) is 47.9 Å². The van der Waals surface area contributed by atoms with Gasteiger partial charge in [0.15, 0.2) is 0 Å². The predicted molar refractivity (Wildman–Crippen MR) is 125 cm³/mol. The normalized spacial score (nSPS) is 12.5. The Morgan fingerprint density at radius 3 is 2.58 bits per heavy atom. The first-order chi connectivity index (χ1) is 16.0. The molecule has 0 amide bonds. The van der Waals surface area contributed by atoms with Gasteiger partial charge in [0.25, 0.3) is 0 Å². The van der Waals surface area contributed by atoms with E-state index in [1.807, 2.05) is 49.4 Å². The van der Waals surface area contributed by atoms with Gasteiger partial charge in [0.1, 0.15) is 11.9 Å². The van der Waals surface area contributed by atoms with E-state index in [0.29, 0.717) is 12.2 Å². The van der Waals surface area contributed by atoms with E-state index in [2.05, 4.69) is 32.0 Å². The van der Waals surface area contributed by atoms with Gasteiger partial charge in [0.2, 0.25) is 0 Å². The van der Waals surface area contributed by atoms with Crippen LogP contribution in [0, 0.1) is 18.8 Å². The molecule has 4 rings (SSSR count). The number of hydrogen-bond donors (Lipinski definition) is 2. The standard InChI is InChI=1S/C26H24N4O3/c1-3-4-19(12-26(31)32)18-7-9-23(10-8-18)33-25(13-22-16-27-17(2)14-28-22)20-5-6-21-15-29-30-24(21)11-20/h5-11,14-16,19,25H,12-13H2,1-2H3,(H,29,30)(H,31,32). The molecule has 0 saturated heterocycles. The molecule has 7 heteroatoms. The Labute approximate surface area is 191 Å². The molecular formula is C26H24N4O3. The van der Waals surface area contributed by atoms with E-state index < -0.39 is 5.97 Å². The van der Waals surface area contributed by atoms with E-state index >= 15 is 0 Å². The molecule has 0 spiro atoms. The Balaban J connectivity index is 1.60. The van der Waals surface area contributed by atoms with Gasteiger partial charge < -0.3 is 9.84 Å². The molecule has 0 aliphatic heterocycles. The molecule has 2 unspecified atom stereocenters. The van der Waals surface area contributed by atoms with Gasteiger partial charge >= 0.3 is 5.97 Å². The number of benzene rings is 2. The lowest BCUT2D eigenvalue weighted by Crippen LogP contribution is -2.12. The Hall–Kier alpha value is -4.18. The van der Waals surface area contributed by atoms with Gasteiger partial charge in [-0.1, -0.05) is 30.2 Å². The highest BCUT2D eigenvalue weighted by molar-refractivity contribution is 5.78. The van der Waals surface area contributed by atoms with E-state index in [4.69, 9.17) is 4.74 Å². The van der Waals surface area contributed by atoms with E-state index in [1.165, 1.54) is 0 Å². The molecule has 2 N–H and O–H groups in total. The number of carboxylic acids is 1. The third-order valence-corrected chi connectivity index (χ3v) is 5.32. The molecule has 4 aromatic rings. The fourth-order valence-electron chi connectivity index (χ4n) is 3.64. The minimum atomic E-state index is -0.878. The summed E-state index contributed by atoms with van der Waals surface area (Å²) in [7, 11) is 0. The quantitative estimate of drug-likeness (QED) is 0.388. The number of carbonyl (C=O) groups is 1. The van der Waals surface area contributed by atoms with Crippen LogP contribution in [0.3, 0.4) is 0 Å². The summed E-state index contributed by atoms with van der Waals surface area (Å²) in [5.74, 6) is 5.23. The van der Waals surface area contributed by atoms with Crippen LogP contribution in [-0.4, -0.2) is 31.2 Å². The molecule has 2 aromatic heterocycles. The lowest BCUT2D eigenvalue weighted by molar-refractivity contribution is -0.137. The Morgan fingerprint density at radius 2 is 1.88 bits per heavy atom. The van der Waals surface area contributed by atoms with Crippen molar-refractivity contribution in [3.8, 4) is 17.6 Å².